The lowest BCUT2D eigenvalue weighted by Crippen LogP contribution is -2.22. The summed E-state index contributed by atoms with van der Waals surface area (Å²) in [7, 11) is 1.27. The van der Waals surface area contributed by atoms with Crippen LogP contribution in [0.3, 0.4) is 0 Å². The molecule has 0 bridgehead atoms. The second kappa shape index (κ2) is 8.24. The van der Waals surface area contributed by atoms with E-state index in [1.165, 1.54) is 31.4 Å². The number of esters is 1. The van der Waals surface area contributed by atoms with E-state index in [2.05, 4.69) is 15.4 Å². The Labute approximate surface area is 133 Å². The Bertz CT molecular complexity index is 677. The van der Waals surface area contributed by atoms with E-state index in [1.54, 1.807) is 18.2 Å². The molecule has 0 saturated carbocycles. The molecule has 2 rings (SSSR count). The minimum Gasteiger partial charge on any atom is -0.465 e. The molecule has 0 unspecified atom stereocenters. The third-order valence-electron chi connectivity index (χ3n) is 3.28. The molecule has 6 heteroatoms. The van der Waals surface area contributed by atoms with Crippen LogP contribution in [0, 0.1) is 11.6 Å². The highest BCUT2D eigenvalue weighted by atomic mass is 19.1. The van der Waals surface area contributed by atoms with Crippen molar-refractivity contribution < 1.29 is 18.3 Å². The van der Waals surface area contributed by atoms with Crippen LogP contribution in [0.4, 0.5) is 14.5 Å². The zero-order chi connectivity index (χ0) is 16.7. The molecule has 2 aromatic carbocycles. The van der Waals surface area contributed by atoms with Gasteiger partial charge in [0, 0.05) is 25.2 Å². The first kappa shape index (κ1) is 16.9. The Morgan fingerprint density at radius 1 is 1.09 bits per heavy atom. The summed E-state index contributed by atoms with van der Waals surface area (Å²) in [4.78, 5) is 11.4. The number of nitrogens with one attached hydrogen (secondary N) is 2. The van der Waals surface area contributed by atoms with Crippen molar-refractivity contribution in [1.29, 1.82) is 0 Å². The van der Waals surface area contributed by atoms with E-state index in [9.17, 15) is 13.6 Å². The SMILES string of the molecule is COC(=O)c1ccc(F)c(NCCNCc2ccccc2F)c1. The zero-order valence-electron chi connectivity index (χ0n) is 12.7. The quantitative estimate of drug-likeness (QED) is 0.608. The normalized spacial score (nSPS) is 10.4. The molecule has 0 aromatic heterocycles. The molecule has 2 N–H and O–H groups in total. The lowest BCUT2D eigenvalue weighted by Gasteiger charge is -2.10. The molecule has 2 aromatic rings. The molecule has 0 radical (unpaired) electrons. The van der Waals surface area contributed by atoms with E-state index in [0.717, 1.165) is 0 Å². The third kappa shape index (κ3) is 4.75. The van der Waals surface area contributed by atoms with Crippen molar-refractivity contribution >= 4 is 11.7 Å². The van der Waals surface area contributed by atoms with E-state index in [1.807, 2.05) is 0 Å². The molecule has 0 saturated heterocycles. The first-order valence-corrected chi connectivity index (χ1v) is 7.17. The van der Waals surface area contributed by atoms with Gasteiger partial charge in [-0.1, -0.05) is 18.2 Å². The maximum Gasteiger partial charge on any atom is 0.337 e. The first-order chi connectivity index (χ1) is 11.1. The summed E-state index contributed by atoms with van der Waals surface area (Å²) in [6, 6.07) is 10.5. The molecule has 0 amide bonds. The fourth-order valence-corrected chi connectivity index (χ4v) is 2.06. The van der Waals surface area contributed by atoms with Crippen LogP contribution < -0.4 is 10.6 Å². The Morgan fingerprint density at radius 2 is 1.87 bits per heavy atom. The standard InChI is InChI=1S/C17H18F2N2O2/c1-23-17(22)12-6-7-15(19)16(10-12)21-9-8-20-11-13-4-2-3-5-14(13)18/h2-7,10,20-21H,8-9,11H2,1H3. The number of benzene rings is 2. The predicted molar refractivity (Wildman–Crippen MR) is 84.3 cm³/mol. The highest BCUT2D eigenvalue weighted by molar-refractivity contribution is 5.90. The summed E-state index contributed by atoms with van der Waals surface area (Å²) < 4.78 is 31.7. The van der Waals surface area contributed by atoms with Gasteiger partial charge in [0.2, 0.25) is 0 Å². The van der Waals surface area contributed by atoms with E-state index in [4.69, 9.17) is 0 Å². The average molecular weight is 320 g/mol. The predicted octanol–water partition coefficient (Wildman–Crippen LogP) is 2.95. The lowest BCUT2D eigenvalue weighted by molar-refractivity contribution is 0.0600. The molecule has 0 aliphatic rings. The Hall–Kier alpha value is -2.47. The zero-order valence-corrected chi connectivity index (χ0v) is 12.7. The van der Waals surface area contributed by atoms with Crippen molar-refractivity contribution in [3.63, 3.8) is 0 Å². The molecular weight excluding hydrogens is 302 g/mol. The molecular formula is C17H18F2N2O2. The molecule has 0 heterocycles. The van der Waals surface area contributed by atoms with E-state index in [0.29, 0.717) is 25.2 Å². The van der Waals surface area contributed by atoms with Crippen molar-refractivity contribution in [3.8, 4) is 0 Å². The minimum absolute atomic E-state index is 0.223. The van der Waals surface area contributed by atoms with Gasteiger partial charge >= 0.3 is 5.97 Å². The van der Waals surface area contributed by atoms with Crippen LogP contribution in [0.1, 0.15) is 15.9 Å². The smallest absolute Gasteiger partial charge is 0.337 e. The largest absolute Gasteiger partial charge is 0.465 e. The highest BCUT2D eigenvalue weighted by Gasteiger charge is 2.09. The number of carbonyl (C=O) groups is 1. The van der Waals surface area contributed by atoms with Crippen LogP contribution in [0.25, 0.3) is 0 Å². The van der Waals surface area contributed by atoms with Gasteiger partial charge in [0.05, 0.1) is 18.4 Å². The molecule has 0 atom stereocenters. The summed E-state index contributed by atoms with van der Waals surface area (Å²) >= 11 is 0. The topological polar surface area (TPSA) is 50.4 Å². The van der Waals surface area contributed by atoms with Gasteiger partial charge in [-0.3, -0.25) is 0 Å². The van der Waals surface area contributed by atoms with Crippen molar-refractivity contribution in [2.24, 2.45) is 0 Å². The van der Waals surface area contributed by atoms with Crippen LogP contribution in [0.15, 0.2) is 42.5 Å². The van der Waals surface area contributed by atoms with Crippen LogP contribution >= 0.6 is 0 Å². The molecule has 0 spiro atoms. The minimum atomic E-state index is -0.522. The number of ether oxygens (including phenoxy) is 1. The van der Waals surface area contributed by atoms with Crippen LogP contribution in [-0.2, 0) is 11.3 Å². The van der Waals surface area contributed by atoms with Gasteiger partial charge in [0.1, 0.15) is 11.6 Å². The molecule has 0 aliphatic carbocycles. The molecule has 4 nitrogen and oxygen atoms in total. The van der Waals surface area contributed by atoms with Crippen molar-refractivity contribution in [1.82, 2.24) is 5.32 Å². The van der Waals surface area contributed by atoms with Crippen LogP contribution in [-0.4, -0.2) is 26.2 Å². The first-order valence-electron chi connectivity index (χ1n) is 7.17. The Balaban J connectivity index is 1.82. The second-order valence-corrected chi connectivity index (χ2v) is 4.88. The number of rotatable bonds is 7. The summed E-state index contributed by atoms with van der Waals surface area (Å²) in [6.45, 7) is 1.32. The van der Waals surface area contributed by atoms with E-state index in [-0.39, 0.29) is 17.1 Å². The van der Waals surface area contributed by atoms with E-state index < -0.39 is 11.8 Å². The lowest BCUT2D eigenvalue weighted by atomic mass is 10.2. The maximum atomic E-state index is 13.7. The number of anilines is 1. The monoisotopic (exact) mass is 320 g/mol. The number of hydrogen-bond donors (Lipinski definition) is 2. The van der Waals surface area contributed by atoms with E-state index >= 15 is 0 Å². The second-order valence-electron chi connectivity index (χ2n) is 4.88. The fourth-order valence-electron chi connectivity index (χ4n) is 2.06. The fraction of sp³-hybridized carbons (Fsp3) is 0.235. The average Bonchev–Trinajstić information content (AvgIpc) is 2.57. The van der Waals surface area contributed by atoms with Crippen LogP contribution in [0.2, 0.25) is 0 Å². The number of hydrogen-bond acceptors (Lipinski definition) is 4. The van der Waals surface area contributed by atoms with Gasteiger partial charge in [-0.05, 0) is 24.3 Å². The van der Waals surface area contributed by atoms with Gasteiger partial charge in [0.25, 0.3) is 0 Å². The summed E-state index contributed by atoms with van der Waals surface area (Å²) in [6.07, 6.45) is 0. The van der Waals surface area contributed by atoms with Gasteiger partial charge in [-0.2, -0.15) is 0 Å². The van der Waals surface area contributed by atoms with Gasteiger partial charge in [0.15, 0.2) is 0 Å². The van der Waals surface area contributed by atoms with Crippen molar-refractivity contribution in [2.75, 3.05) is 25.5 Å². The van der Waals surface area contributed by atoms with Gasteiger partial charge < -0.3 is 15.4 Å². The number of methoxy groups -OCH3 is 1. The maximum absolute atomic E-state index is 13.7. The summed E-state index contributed by atoms with van der Waals surface area (Å²) in [5.41, 5.74) is 1.07. The number of carbonyl (C=O) groups excluding carboxylic acids is 1. The highest BCUT2D eigenvalue weighted by Crippen LogP contribution is 2.16. The molecule has 23 heavy (non-hydrogen) atoms. The number of halogens is 2. The molecule has 0 aliphatic heterocycles. The van der Waals surface area contributed by atoms with Crippen molar-refractivity contribution in [3.05, 3.63) is 65.2 Å². The third-order valence-corrected chi connectivity index (χ3v) is 3.28. The van der Waals surface area contributed by atoms with Crippen molar-refractivity contribution in [2.45, 2.75) is 6.54 Å². The summed E-state index contributed by atoms with van der Waals surface area (Å²) in [5, 5.41) is 5.96. The van der Waals surface area contributed by atoms with Gasteiger partial charge in [-0.15, -0.1) is 0 Å². The molecule has 0 fully saturated rings. The molecule has 122 valence electrons. The van der Waals surface area contributed by atoms with Crippen LogP contribution in [0.5, 0.6) is 0 Å². The Morgan fingerprint density at radius 3 is 2.61 bits per heavy atom. The Kier molecular flexibility index (Phi) is 6.05. The van der Waals surface area contributed by atoms with Gasteiger partial charge in [-0.25, -0.2) is 13.6 Å². The summed E-state index contributed by atoms with van der Waals surface area (Å²) in [5.74, 6) is -1.23.